The van der Waals surface area contributed by atoms with Crippen LogP contribution in [-0.2, 0) is 10.0 Å². The molecule has 0 atom stereocenters. The first-order chi connectivity index (χ1) is 8.93. The lowest BCUT2D eigenvalue weighted by Crippen LogP contribution is -2.37. The molecule has 0 saturated heterocycles. The molecular weight excluding hydrogens is 262 g/mol. The quantitative estimate of drug-likeness (QED) is 0.866. The zero-order valence-electron chi connectivity index (χ0n) is 11.4. The number of hydrogen-bond donors (Lipinski definition) is 1. The third kappa shape index (κ3) is 3.69. The molecule has 0 aliphatic heterocycles. The van der Waals surface area contributed by atoms with E-state index in [0.717, 1.165) is 5.69 Å². The summed E-state index contributed by atoms with van der Waals surface area (Å²) in [5, 5.41) is 11.6. The fourth-order valence-electron chi connectivity index (χ4n) is 1.75. The lowest BCUT2D eigenvalue weighted by atomic mass is 10.3. The molecule has 0 amide bonds. The van der Waals surface area contributed by atoms with Crippen LogP contribution in [0.25, 0.3) is 0 Å². The topological polar surface area (TPSA) is 73.2 Å². The van der Waals surface area contributed by atoms with Gasteiger partial charge in [0.2, 0.25) is 10.0 Å². The van der Waals surface area contributed by atoms with E-state index in [4.69, 9.17) is 5.26 Å². The summed E-state index contributed by atoms with van der Waals surface area (Å²) < 4.78 is 26.3. The Bertz CT molecular complexity index is 544. The summed E-state index contributed by atoms with van der Waals surface area (Å²) in [4.78, 5) is 0.248. The predicted molar refractivity (Wildman–Crippen MR) is 75.2 cm³/mol. The molecule has 104 valence electrons. The van der Waals surface area contributed by atoms with Crippen LogP contribution in [0.5, 0.6) is 0 Å². The summed E-state index contributed by atoms with van der Waals surface area (Å²) in [5.74, 6) is 0. The van der Waals surface area contributed by atoms with Gasteiger partial charge in [-0.1, -0.05) is 0 Å². The van der Waals surface area contributed by atoms with Crippen molar-refractivity contribution in [1.82, 2.24) is 4.31 Å². The van der Waals surface area contributed by atoms with Gasteiger partial charge in [-0.25, -0.2) is 8.42 Å². The van der Waals surface area contributed by atoms with Crippen molar-refractivity contribution in [3.8, 4) is 6.07 Å². The van der Waals surface area contributed by atoms with Crippen LogP contribution < -0.4 is 5.32 Å². The predicted octanol–water partition coefficient (Wildman–Crippen LogP) is 2.04. The third-order valence-electron chi connectivity index (χ3n) is 2.77. The van der Waals surface area contributed by atoms with Crippen molar-refractivity contribution in [1.29, 1.82) is 5.26 Å². The first-order valence-corrected chi connectivity index (χ1v) is 7.54. The van der Waals surface area contributed by atoms with Crippen LogP contribution in [0.15, 0.2) is 29.2 Å². The van der Waals surface area contributed by atoms with Gasteiger partial charge in [-0.05, 0) is 38.1 Å². The van der Waals surface area contributed by atoms with Crippen LogP contribution in [0, 0.1) is 11.3 Å². The van der Waals surface area contributed by atoms with Crippen LogP contribution in [0.2, 0.25) is 0 Å². The van der Waals surface area contributed by atoms with Gasteiger partial charge in [0.1, 0.15) is 0 Å². The summed E-state index contributed by atoms with van der Waals surface area (Å²) in [5.41, 5.74) is 0.854. The van der Waals surface area contributed by atoms with E-state index in [1.165, 1.54) is 4.31 Å². The maximum Gasteiger partial charge on any atom is 0.243 e. The standard InChI is InChI=1S/C13H19N3O2S/c1-11(2)16(10-4-9-14)19(17,18)13-7-5-12(15-3)6-8-13/h5-8,11,15H,4,10H2,1-3H3. The highest BCUT2D eigenvalue weighted by molar-refractivity contribution is 7.89. The van der Waals surface area contributed by atoms with Crippen molar-refractivity contribution >= 4 is 15.7 Å². The summed E-state index contributed by atoms with van der Waals surface area (Å²) in [6, 6.07) is 8.38. The average Bonchev–Trinajstić information content (AvgIpc) is 2.38. The molecular formula is C13H19N3O2S. The molecule has 0 spiro atoms. The number of sulfonamides is 1. The number of nitrogens with zero attached hydrogens (tertiary/aromatic N) is 2. The largest absolute Gasteiger partial charge is 0.388 e. The van der Waals surface area contributed by atoms with E-state index < -0.39 is 10.0 Å². The van der Waals surface area contributed by atoms with Gasteiger partial charge in [-0.15, -0.1) is 0 Å². The van der Waals surface area contributed by atoms with E-state index in [1.807, 2.05) is 6.07 Å². The molecule has 6 heteroatoms. The van der Waals surface area contributed by atoms with Gasteiger partial charge in [0.25, 0.3) is 0 Å². The van der Waals surface area contributed by atoms with Gasteiger partial charge in [0.15, 0.2) is 0 Å². The Kier molecular flexibility index (Phi) is 5.33. The lowest BCUT2D eigenvalue weighted by molar-refractivity contribution is 0.360. The van der Waals surface area contributed by atoms with Crippen LogP contribution in [0.4, 0.5) is 5.69 Å². The smallest absolute Gasteiger partial charge is 0.243 e. The molecule has 0 fully saturated rings. The number of benzene rings is 1. The van der Waals surface area contributed by atoms with E-state index >= 15 is 0 Å². The fourth-order valence-corrected chi connectivity index (χ4v) is 3.38. The second-order valence-corrected chi connectivity index (χ2v) is 6.28. The Balaban J connectivity index is 3.08. The average molecular weight is 281 g/mol. The Morgan fingerprint density at radius 2 is 1.89 bits per heavy atom. The van der Waals surface area contributed by atoms with Crippen LogP contribution in [0.1, 0.15) is 20.3 Å². The summed E-state index contributed by atoms with van der Waals surface area (Å²) in [7, 11) is -1.77. The minimum Gasteiger partial charge on any atom is -0.388 e. The first kappa shape index (κ1) is 15.5. The molecule has 0 heterocycles. The molecule has 1 rings (SSSR count). The Morgan fingerprint density at radius 1 is 1.32 bits per heavy atom. The number of nitriles is 1. The van der Waals surface area contributed by atoms with Crippen molar-refractivity contribution in [3.63, 3.8) is 0 Å². The second-order valence-electron chi connectivity index (χ2n) is 4.39. The highest BCUT2D eigenvalue weighted by Crippen LogP contribution is 2.20. The Morgan fingerprint density at radius 3 is 2.32 bits per heavy atom. The minimum atomic E-state index is -3.54. The summed E-state index contributed by atoms with van der Waals surface area (Å²) in [6.07, 6.45) is 0.187. The monoisotopic (exact) mass is 281 g/mol. The van der Waals surface area contributed by atoms with Gasteiger partial charge in [-0.3, -0.25) is 0 Å². The molecule has 0 unspecified atom stereocenters. The summed E-state index contributed by atoms with van der Waals surface area (Å²) >= 11 is 0. The van der Waals surface area contributed by atoms with Crippen LogP contribution in [-0.4, -0.2) is 32.4 Å². The lowest BCUT2D eigenvalue weighted by Gasteiger charge is -2.25. The first-order valence-electron chi connectivity index (χ1n) is 6.10. The number of anilines is 1. The van der Waals surface area contributed by atoms with Gasteiger partial charge in [0, 0.05) is 31.7 Å². The van der Waals surface area contributed by atoms with E-state index in [1.54, 1.807) is 45.2 Å². The SMILES string of the molecule is CNc1ccc(S(=O)(=O)N(CCC#N)C(C)C)cc1. The highest BCUT2D eigenvalue weighted by atomic mass is 32.2. The second kappa shape index (κ2) is 6.55. The van der Waals surface area contributed by atoms with Crippen molar-refractivity contribution in [2.45, 2.75) is 31.2 Å². The number of nitrogens with one attached hydrogen (secondary N) is 1. The van der Waals surface area contributed by atoms with Gasteiger partial charge in [0.05, 0.1) is 11.0 Å². The van der Waals surface area contributed by atoms with Crippen LogP contribution >= 0.6 is 0 Å². The molecule has 19 heavy (non-hydrogen) atoms. The molecule has 0 saturated carbocycles. The third-order valence-corrected chi connectivity index (χ3v) is 4.86. The molecule has 0 bridgehead atoms. The Hall–Kier alpha value is -1.58. The maximum absolute atomic E-state index is 12.5. The molecule has 0 aliphatic rings. The van der Waals surface area contributed by atoms with E-state index in [-0.39, 0.29) is 23.9 Å². The Labute approximate surface area is 114 Å². The molecule has 0 aliphatic carbocycles. The van der Waals surface area contributed by atoms with Crippen molar-refractivity contribution < 1.29 is 8.42 Å². The van der Waals surface area contributed by atoms with Gasteiger partial charge in [-0.2, -0.15) is 9.57 Å². The zero-order valence-corrected chi connectivity index (χ0v) is 12.2. The van der Waals surface area contributed by atoms with Crippen molar-refractivity contribution in [2.24, 2.45) is 0 Å². The fraction of sp³-hybridized carbons (Fsp3) is 0.462. The molecule has 5 nitrogen and oxygen atoms in total. The normalized spacial score (nSPS) is 11.6. The minimum absolute atomic E-state index is 0.178. The molecule has 0 aromatic heterocycles. The van der Waals surface area contributed by atoms with E-state index in [0.29, 0.717) is 0 Å². The number of rotatable bonds is 6. The molecule has 1 aromatic rings. The highest BCUT2D eigenvalue weighted by Gasteiger charge is 2.26. The van der Waals surface area contributed by atoms with Crippen LogP contribution in [0.3, 0.4) is 0 Å². The number of hydrogen-bond acceptors (Lipinski definition) is 4. The maximum atomic E-state index is 12.5. The van der Waals surface area contributed by atoms with E-state index in [2.05, 4.69) is 5.32 Å². The van der Waals surface area contributed by atoms with Gasteiger partial charge < -0.3 is 5.32 Å². The van der Waals surface area contributed by atoms with Crippen molar-refractivity contribution in [2.75, 3.05) is 18.9 Å². The van der Waals surface area contributed by atoms with Crippen molar-refractivity contribution in [3.05, 3.63) is 24.3 Å². The zero-order chi connectivity index (χ0) is 14.5. The van der Waals surface area contributed by atoms with Gasteiger partial charge >= 0.3 is 0 Å². The molecule has 1 aromatic carbocycles. The summed E-state index contributed by atoms with van der Waals surface area (Å²) in [6.45, 7) is 3.82. The molecule has 1 N–H and O–H groups in total. The molecule has 0 radical (unpaired) electrons. The van der Waals surface area contributed by atoms with E-state index in [9.17, 15) is 8.42 Å².